The van der Waals surface area contributed by atoms with Crippen LogP contribution in [-0.2, 0) is 18.4 Å². The van der Waals surface area contributed by atoms with Crippen molar-refractivity contribution in [3.8, 4) is 0 Å². The molecule has 0 saturated carbocycles. The predicted molar refractivity (Wildman–Crippen MR) is 224 cm³/mol. The number of rotatable bonds is 42. The first-order valence-electron chi connectivity index (χ1n) is 22.9. The molecule has 2 N–H and O–H groups in total. The van der Waals surface area contributed by atoms with Gasteiger partial charge in [-0.1, -0.05) is 206 Å². The van der Waals surface area contributed by atoms with Gasteiger partial charge in [-0.3, -0.25) is 9.36 Å². The van der Waals surface area contributed by atoms with Crippen LogP contribution in [0.3, 0.4) is 0 Å². The summed E-state index contributed by atoms with van der Waals surface area (Å²) < 4.78 is 23.2. The van der Waals surface area contributed by atoms with E-state index in [0.717, 1.165) is 38.5 Å². The number of aliphatic hydroxyl groups excluding tert-OH is 1. The van der Waals surface area contributed by atoms with E-state index in [1.54, 1.807) is 0 Å². The lowest BCUT2D eigenvalue weighted by Crippen LogP contribution is -2.46. The number of nitrogens with zero attached hydrogens (tertiary/aromatic N) is 1. The summed E-state index contributed by atoms with van der Waals surface area (Å²) in [6, 6.07) is -0.791. The molecule has 0 aliphatic heterocycles. The third-order valence-electron chi connectivity index (χ3n) is 10.6. The van der Waals surface area contributed by atoms with Crippen LogP contribution < -0.4 is 10.2 Å². The second kappa shape index (κ2) is 37.1. The summed E-state index contributed by atoms with van der Waals surface area (Å²) in [7, 11) is 1.31. The molecule has 0 radical (unpaired) electrons. The van der Waals surface area contributed by atoms with Gasteiger partial charge in [0.2, 0.25) is 5.91 Å². The fraction of sp³-hybridized carbons (Fsp3) is 0.977. The molecular formula is C44H91N2O6P. The Labute approximate surface area is 329 Å². The van der Waals surface area contributed by atoms with Crippen molar-refractivity contribution in [2.45, 2.75) is 238 Å². The molecule has 0 aromatic rings. The van der Waals surface area contributed by atoms with Gasteiger partial charge >= 0.3 is 0 Å². The second-order valence-electron chi connectivity index (χ2n) is 17.1. The van der Waals surface area contributed by atoms with Gasteiger partial charge in [-0.25, -0.2) is 0 Å². The van der Waals surface area contributed by atoms with Crippen LogP contribution in [0.5, 0.6) is 0 Å². The second-order valence-corrected chi connectivity index (χ2v) is 18.5. The van der Waals surface area contributed by atoms with Gasteiger partial charge in [0, 0.05) is 6.42 Å². The minimum absolute atomic E-state index is 0.0155. The smallest absolute Gasteiger partial charge is 0.268 e. The van der Waals surface area contributed by atoms with E-state index in [2.05, 4.69) is 19.2 Å². The molecule has 0 bridgehead atoms. The number of quaternary nitrogens is 1. The molecule has 53 heavy (non-hydrogen) atoms. The van der Waals surface area contributed by atoms with Crippen molar-refractivity contribution in [3.05, 3.63) is 0 Å². The van der Waals surface area contributed by atoms with Crippen molar-refractivity contribution >= 4 is 13.7 Å². The van der Waals surface area contributed by atoms with Crippen molar-refractivity contribution in [2.75, 3.05) is 40.9 Å². The predicted octanol–water partition coefficient (Wildman–Crippen LogP) is 12.0. The van der Waals surface area contributed by atoms with E-state index in [-0.39, 0.29) is 19.1 Å². The summed E-state index contributed by atoms with van der Waals surface area (Å²) in [5, 5.41) is 13.8. The molecule has 0 aromatic carbocycles. The van der Waals surface area contributed by atoms with Crippen LogP contribution in [0.1, 0.15) is 226 Å². The first-order chi connectivity index (χ1) is 25.5. The summed E-state index contributed by atoms with van der Waals surface area (Å²) >= 11 is 0. The monoisotopic (exact) mass is 775 g/mol. The molecule has 9 heteroatoms. The van der Waals surface area contributed by atoms with E-state index in [4.69, 9.17) is 9.05 Å². The lowest BCUT2D eigenvalue weighted by molar-refractivity contribution is -0.870. The molecule has 0 rings (SSSR count). The summed E-state index contributed by atoms with van der Waals surface area (Å²) in [4.78, 5) is 25.2. The van der Waals surface area contributed by atoms with Crippen LogP contribution in [-0.4, -0.2) is 68.5 Å². The standard InChI is InChI=1S/C44H91N2O6P/c1-6-8-10-12-14-16-17-18-19-20-21-22-23-24-25-26-27-28-29-30-32-34-36-38-44(48)45-42(41-52-53(49,50)51-40-39-46(3,4)5)43(47)37-35-33-31-15-13-11-9-7-2/h42-43,47H,6-41H2,1-5H3,(H-,45,48,49,50). The third-order valence-corrected chi connectivity index (χ3v) is 11.6. The van der Waals surface area contributed by atoms with E-state index in [9.17, 15) is 19.4 Å². The number of unbranched alkanes of at least 4 members (excludes halogenated alkanes) is 29. The molecule has 318 valence electrons. The summed E-state index contributed by atoms with van der Waals surface area (Å²) in [5.41, 5.74) is 0. The van der Waals surface area contributed by atoms with E-state index < -0.39 is 20.0 Å². The zero-order chi connectivity index (χ0) is 39.3. The molecule has 3 unspecified atom stereocenters. The Morgan fingerprint density at radius 1 is 0.585 bits per heavy atom. The Morgan fingerprint density at radius 2 is 0.925 bits per heavy atom. The van der Waals surface area contributed by atoms with Crippen molar-refractivity contribution in [1.29, 1.82) is 0 Å². The number of aliphatic hydroxyl groups is 1. The van der Waals surface area contributed by atoms with Crippen molar-refractivity contribution in [1.82, 2.24) is 5.32 Å². The number of phosphoric ester groups is 1. The van der Waals surface area contributed by atoms with E-state index in [0.29, 0.717) is 23.9 Å². The van der Waals surface area contributed by atoms with Crippen molar-refractivity contribution in [3.63, 3.8) is 0 Å². The molecule has 0 saturated heterocycles. The van der Waals surface area contributed by atoms with Crippen LogP contribution in [0.2, 0.25) is 0 Å². The number of likely N-dealkylation sites (N-methyl/N-ethyl adjacent to an activating group) is 1. The minimum atomic E-state index is -4.55. The largest absolute Gasteiger partial charge is 0.756 e. The topological polar surface area (TPSA) is 108 Å². The van der Waals surface area contributed by atoms with E-state index in [1.807, 2.05) is 21.1 Å². The van der Waals surface area contributed by atoms with Gasteiger partial charge in [-0.05, 0) is 12.8 Å². The Hall–Kier alpha value is -0.500. The zero-order valence-corrected chi connectivity index (χ0v) is 36.9. The number of amides is 1. The zero-order valence-electron chi connectivity index (χ0n) is 36.0. The Morgan fingerprint density at radius 3 is 1.28 bits per heavy atom. The van der Waals surface area contributed by atoms with Crippen molar-refractivity contribution in [2.24, 2.45) is 0 Å². The molecule has 0 aliphatic rings. The van der Waals surface area contributed by atoms with Crippen LogP contribution in [0.4, 0.5) is 0 Å². The molecular weight excluding hydrogens is 683 g/mol. The maximum absolute atomic E-state index is 12.8. The number of carbonyl (C=O) groups is 1. The number of hydrogen-bond acceptors (Lipinski definition) is 6. The van der Waals surface area contributed by atoms with Gasteiger partial charge in [0.05, 0.1) is 39.9 Å². The van der Waals surface area contributed by atoms with Crippen molar-refractivity contribution < 1.29 is 32.9 Å². The lowest BCUT2D eigenvalue weighted by atomic mass is 10.0. The first-order valence-corrected chi connectivity index (χ1v) is 24.3. The van der Waals surface area contributed by atoms with Gasteiger partial charge in [-0.15, -0.1) is 0 Å². The number of phosphoric acid groups is 1. The molecule has 0 spiro atoms. The molecule has 0 fully saturated rings. The highest BCUT2D eigenvalue weighted by Crippen LogP contribution is 2.38. The lowest BCUT2D eigenvalue weighted by Gasteiger charge is -2.30. The third kappa shape index (κ3) is 39.5. The maximum Gasteiger partial charge on any atom is 0.268 e. The van der Waals surface area contributed by atoms with Crippen LogP contribution >= 0.6 is 7.82 Å². The van der Waals surface area contributed by atoms with Crippen LogP contribution in [0.25, 0.3) is 0 Å². The Bertz CT molecular complexity index is 839. The normalized spacial score (nSPS) is 14.3. The van der Waals surface area contributed by atoms with E-state index >= 15 is 0 Å². The van der Waals surface area contributed by atoms with Crippen LogP contribution in [0, 0.1) is 0 Å². The Balaban J connectivity index is 4.07. The van der Waals surface area contributed by atoms with Gasteiger partial charge in [0.15, 0.2) is 0 Å². The highest BCUT2D eigenvalue weighted by Gasteiger charge is 2.24. The van der Waals surface area contributed by atoms with E-state index in [1.165, 1.54) is 161 Å². The summed E-state index contributed by atoms with van der Waals surface area (Å²) in [6.45, 7) is 4.70. The molecule has 0 aromatic heterocycles. The number of hydrogen-bond donors (Lipinski definition) is 2. The van der Waals surface area contributed by atoms with Crippen LogP contribution in [0.15, 0.2) is 0 Å². The molecule has 3 atom stereocenters. The minimum Gasteiger partial charge on any atom is -0.756 e. The van der Waals surface area contributed by atoms with Gasteiger partial charge in [0.25, 0.3) is 7.82 Å². The van der Waals surface area contributed by atoms with Gasteiger partial charge in [0.1, 0.15) is 13.2 Å². The summed E-state index contributed by atoms with van der Waals surface area (Å²) in [5.74, 6) is -0.163. The first kappa shape index (κ1) is 52.5. The van der Waals surface area contributed by atoms with Gasteiger partial charge in [-0.2, -0.15) is 0 Å². The van der Waals surface area contributed by atoms with Gasteiger partial charge < -0.3 is 28.8 Å². The average molecular weight is 775 g/mol. The fourth-order valence-electron chi connectivity index (χ4n) is 6.92. The molecule has 0 aliphatic carbocycles. The quantitative estimate of drug-likeness (QED) is 0.0363. The highest BCUT2D eigenvalue weighted by atomic mass is 31.2. The fourth-order valence-corrected chi connectivity index (χ4v) is 7.65. The highest BCUT2D eigenvalue weighted by molar-refractivity contribution is 7.45. The molecule has 8 nitrogen and oxygen atoms in total. The SMILES string of the molecule is CCCCCCCCCCCCCCCCCCCCCCCCCC(=O)NC(COP(=O)([O-])OCC[N+](C)(C)C)C(O)CCCCCCCCCC. The number of carbonyl (C=O) groups excluding carboxylic acids is 1. The maximum atomic E-state index is 12.8. The Kier molecular flexibility index (Phi) is 36.7. The average Bonchev–Trinajstić information content (AvgIpc) is 3.10. The molecule has 1 amide bonds. The molecule has 0 heterocycles. The number of nitrogens with one attached hydrogen (secondary N) is 1. The summed E-state index contributed by atoms with van der Waals surface area (Å²) in [6.07, 6.45) is 39.9.